The predicted molar refractivity (Wildman–Crippen MR) is 45.5 cm³/mol. The predicted octanol–water partition coefficient (Wildman–Crippen LogP) is 0.244. The number of carbonyl (C=O) groups excluding carboxylic acids is 1. The first-order chi connectivity index (χ1) is 6.00. The SMILES string of the molecule is C=O.O=S(=O)(O)O.c1ccncc1. The van der Waals surface area contributed by atoms with Crippen LogP contribution < -0.4 is 0 Å². The lowest BCUT2D eigenvalue weighted by Crippen LogP contribution is -1.89. The van der Waals surface area contributed by atoms with Crippen molar-refractivity contribution >= 4 is 17.2 Å². The standard InChI is InChI=1S/C5H5N.CH2O.H2O4S/c1-2-4-6-5-3-1;1-2;1-5(2,3)4/h1-5H;1H2;(H2,1,2,3,4). The molecule has 1 aromatic heterocycles. The number of aromatic nitrogens is 1. The van der Waals surface area contributed by atoms with Crippen LogP contribution in [-0.2, 0) is 15.2 Å². The van der Waals surface area contributed by atoms with E-state index >= 15 is 0 Å². The third-order valence-electron chi connectivity index (χ3n) is 0.566. The summed E-state index contributed by atoms with van der Waals surface area (Å²) < 4.78 is 31.6. The maximum atomic E-state index is 8.74. The quantitative estimate of drug-likeness (QED) is 0.590. The summed E-state index contributed by atoms with van der Waals surface area (Å²) in [4.78, 5) is 11.8. The van der Waals surface area contributed by atoms with E-state index in [9.17, 15) is 0 Å². The van der Waals surface area contributed by atoms with E-state index in [0.717, 1.165) is 0 Å². The first-order valence-electron chi connectivity index (χ1n) is 2.84. The van der Waals surface area contributed by atoms with Gasteiger partial charge in [0.1, 0.15) is 6.79 Å². The maximum absolute atomic E-state index is 8.74. The second kappa shape index (κ2) is 8.78. The zero-order valence-electron chi connectivity index (χ0n) is 6.57. The third kappa shape index (κ3) is 36.7. The Labute approximate surface area is 75.8 Å². The molecule has 0 atom stereocenters. The molecule has 0 aliphatic rings. The Morgan fingerprint density at radius 1 is 1.00 bits per heavy atom. The van der Waals surface area contributed by atoms with Crippen molar-refractivity contribution in [2.24, 2.45) is 0 Å². The van der Waals surface area contributed by atoms with E-state index in [4.69, 9.17) is 22.3 Å². The van der Waals surface area contributed by atoms with E-state index in [1.165, 1.54) is 0 Å². The molecule has 2 N–H and O–H groups in total. The molecule has 1 rings (SSSR count). The molecule has 0 saturated carbocycles. The summed E-state index contributed by atoms with van der Waals surface area (Å²) in [5.74, 6) is 0. The molecule has 1 aromatic rings. The summed E-state index contributed by atoms with van der Waals surface area (Å²) in [6.45, 7) is 2.00. The number of rotatable bonds is 0. The number of pyridine rings is 1. The van der Waals surface area contributed by atoms with Gasteiger partial charge in [-0.3, -0.25) is 14.1 Å². The molecule has 74 valence electrons. The van der Waals surface area contributed by atoms with Crippen LogP contribution >= 0.6 is 0 Å². The minimum Gasteiger partial charge on any atom is -0.307 e. The normalized spacial score (nSPS) is 8.46. The first-order valence-corrected chi connectivity index (χ1v) is 4.23. The maximum Gasteiger partial charge on any atom is 0.394 e. The Kier molecular flexibility index (Phi) is 9.61. The van der Waals surface area contributed by atoms with Gasteiger partial charge in [-0.25, -0.2) is 0 Å². The lowest BCUT2D eigenvalue weighted by atomic mass is 10.5. The Morgan fingerprint density at radius 3 is 1.38 bits per heavy atom. The largest absolute Gasteiger partial charge is 0.394 e. The van der Waals surface area contributed by atoms with Crippen molar-refractivity contribution in [1.82, 2.24) is 4.98 Å². The summed E-state index contributed by atoms with van der Waals surface area (Å²) in [6, 6.07) is 5.72. The van der Waals surface area contributed by atoms with Gasteiger partial charge < -0.3 is 4.79 Å². The lowest BCUT2D eigenvalue weighted by Gasteiger charge is -1.70. The van der Waals surface area contributed by atoms with Crippen LogP contribution in [-0.4, -0.2) is 29.3 Å². The molecule has 0 spiro atoms. The van der Waals surface area contributed by atoms with E-state index in [2.05, 4.69) is 4.98 Å². The number of hydrogen-bond acceptors (Lipinski definition) is 4. The van der Waals surface area contributed by atoms with Gasteiger partial charge in [-0.05, 0) is 12.1 Å². The summed E-state index contributed by atoms with van der Waals surface area (Å²) in [5.41, 5.74) is 0. The summed E-state index contributed by atoms with van der Waals surface area (Å²) in [7, 11) is -4.67. The van der Waals surface area contributed by atoms with Gasteiger partial charge in [-0.2, -0.15) is 8.42 Å². The fraction of sp³-hybridized carbons (Fsp3) is 0. The number of nitrogens with zero attached hydrogens (tertiary/aromatic N) is 1. The van der Waals surface area contributed by atoms with Gasteiger partial charge in [-0.1, -0.05) is 6.07 Å². The van der Waals surface area contributed by atoms with Crippen LogP contribution in [0.4, 0.5) is 0 Å². The van der Waals surface area contributed by atoms with Gasteiger partial charge in [0.05, 0.1) is 0 Å². The highest BCUT2D eigenvalue weighted by molar-refractivity contribution is 7.79. The molecule has 1 heterocycles. The number of hydrogen-bond donors (Lipinski definition) is 2. The second-order valence-electron chi connectivity index (χ2n) is 1.47. The van der Waals surface area contributed by atoms with Gasteiger partial charge in [0.25, 0.3) is 0 Å². The molecular formula is C6H9NO5S. The topological polar surface area (TPSA) is 105 Å². The monoisotopic (exact) mass is 207 g/mol. The molecule has 7 heteroatoms. The molecule has 0 aromatic carbocycles. The molecule has 6 nitrogen and oxygen atoms in total. The van der Waals surface area contributed by atoms with E-state index in [-0.39, 0.29) is 0 Å². The van der Waals surface area contributed by atoms with Crippen molar-refractivity contribution in [3.8, 4) is 0 Å². The Morgan fingerprint density at radius 2 is 1.31 bits per heavy atom. The second-order valence-corrected chi connectivity index (χ2v) is 2.37. The fourth-order valence-electron chi connectivity index (χ4n) is 0.313. The van der Waals surface area contributed by atoms with Crippen LogP contribution in [0.25, 0.3) is 0 Å². The van der Waals surface area contributed by atoms with Crippen LogP contribution in [0.3, 0.4) is 0 Å². The molecule has 0 bridgehead atoms. The molecule has 0 unspecified atom stereocenters. The van der Waals surface area contributed by atoms with Gasteiger partial charge >= 0.3 is 10.4 Å². The smallest absolute Gasteiger partial charge is 0.307 e. The summed E-state index contributed by atoms with van der Waals surface area (Å²) >= 11 is 0. The molecule has 0 amide bonds. The van der Waals surface area contributed by atoms with Crippen LogP contribution in [0.5, 0.6) is 0 Å². The Hall–Kier alpha value is -1.31. The summed E-state index contributed by atoms with van der Waals surface area (Å²) in [6.07, 6.45) is 3.50. The zero-order chi connectivity index (χ0) is 10.7. The molecule has 0 aliphatic heterocycles. The molecular weight excluding hydrogens is 198 g/mol. The molecule has 0 aliphatic carbocycles. The van der Waals surface area contributed by atoms with Gasteiger partial charge in [-0.15, -0.1) is 0 Å². The lowest BCUT2D eigenvalue weighted by molar-refractivity contribution is -0.0979. The highest BCUT2D eigenvalue weighted by atomic mass is 32.3. The van der Waals surface area contributed by atoms with Gasteiger partial charge in [0.15, 0.2) is 0 Å². The minimum atomic E-state index is -4.67. The van der Waals surface area contributed by atoms with Crippen molar-refractivity contribution < 1.29 is 22.3 Å². The van der Waals surface area contributed by atoms with Crippen molar-refractivity contribution in [2.75, 3.05) is 0 Å². The zero-order valence-corrected chi connectivity index (χ0v) is 7.38. The molecule has 0 saturated heterocycles. The van der Waals surface area contributed by atoms with Crippen LogP contribution in [0.2, 0.25) is 0 Å². The highest BCUT2D eigenvalue weighted by Crippen LogP contribution is 1.73. The number of carbonyl (C=O) groups is 1. The van der Waals surface area contributed by atoms with E-state index in [0.29, 0.717) is 0 Å². The summed E-state index contributed by atoms with van der Waals surface area (Å²) in [5, 5.41) is 0. The van der Waals surface area contributed by atoms with Crippen molar-refractivity contribution in [3.05, 3.63) is 30.6 Å². The first kappa shape index (κ1) is 14.2. The molecule has 13 heavy (non-hydrogen) atoms. The van der Waals surface area contributed by atoms with Gasteiger partial charge in [0, 0.05) is 12.4 Å². The van der Waals surface area contributed by atoms with Crippen molar-refractivity contribution in [1.29, 1.82) is 0 Å². The average Bonchev–Trinajstić information content (AvgIpc) is 2.08. The molecule has 0 fully saturated rings. The van der Waals surface area contributed by atoms with Crippen molar-refractivity contribution in [3.63, 3.8) is 0 Å². The third-order valence-corrected chi connectivity index (χ3v) is 0.566. The Balaban J connectivity index is 0. The van der Waals surface area contributed by atoms with Crippen molar-refractivity contribution in [2.45, 2.75) is 0 Å². The van der Waals surface area contributed by atoms with E-state index in [1.807, 2.05) is 25.0 Å². The van der Waals surface area contributed by atoms with Crippen LogP contribution in [0.15, 0.2) is 30.6 Å². The van der Waals surface area contributed by atoms with E-state index in [1.54, 1.807) is 12.4 Å². The van der Waals surface area contributed by atoms with Crippen LogP contribution in [0.1, 0.15) is 0 Å². The van der Waals surface area contributed by atoms with Crippen LogP contribution in [0, 0.1) is 0 Å². The van der Waals surface area contributed by atoms with E-state index < -0.39 is 10.4 Å². The molecule has 0 radical (unpaired) electrons. The minimum absolute atomic E-state index is 1.75. The fourth-order valence-corrected chi connectivity index (χ4v) is 0.313. The highest BCUT2D eigenvalue weighted by Gasteiger charge is 1.84. The average molecular weight is 207 g/mol. The Bertz CT molecular complexity index is 250. The van der Waals surface area contributed by atoms with Gasteiger partial charge in [0.2, 0.25) is 0 Å².